The number of aromatic amines is 1. The molecule has 3 nitrogen and oxygen atoms in total. The first-order chi connectivity index (χ1) is 7.70. The summed E-state index contributed by atoms with van der Waals surface area (Å²) in [7, 11) is 0. The smallest absolute Gasteiger partial charge is 0.179 e. The molecule has 0 saturated carbocycles. The van der Waals surface area contributed by atoms with E-state index in [1.807, 2.05) is 0 Å². The molecule has 2 rings (SSSR count). The summed E-state index contributed by atoms with van der Waals surface area (Å²) in [6.07, 6.45) is 4.50. The third-order valence-corrected chi connectivity index (χ3v) is 3.12. The summed E-state index contributed by atoms with van der Waals surface area (Å²) in [6.45, 7) is 2.18. The minimum absolute atomic E-state index is 0.306. The van der Waals surface area contributed by atoms with Crippen LogP contribution in [0.25, 0.3) is 11.2 Å². The summed E-state index contributed by atoms with van der Waals surface area (Å²) in [4.78, 5) is 11.7. The SMILES string of the molecule is CCCCCc1nc2nc(Cl)c(Cl)cc2[nH]1. The van der Waals surface area contributed by atoms with Crippen molar-refractivity contribution in [1.82, 2.24) is 15.0 Å². The zero-order valence-corrected chi connectivity index (χ0v) is 10.6. The van der Waals surface area contributed by atoms with Gasteiger partial charge in [-0.15, -0.1) is 0 Å². The highest BCUT2D eigenvalue weighted by Crippen LogP contribution is 2.23. The molecule has 0 amide bonds. The van der Waals surface area contributed by atoms with Gasteiger partial charge >= 0.3 is 0 Å². The molecular formula is C11H13Cl2N3. The minimum atomic E-state index is 0.306. The van der Waals surface area contributed by atoms with Gasteiger partial charge in [0.1, 0.15) is 11.0 Å². The highest BCUT2D eigenvalue weighted by atomic mass is 35.5. The molecule has 16 heavy (non-hydrogen) atoms. The van der Waals surface area contributed by atoms with Crippen LogP contribution in [0.4, 0.5) is 0 Å². The van der Waals surface area contributed by atoms with Gasteiger partial charge in [-0.2, -0.15) is 0 Å². The maximum atomic E-state index is 5.88. The molecule has 2 aromatic heterocycles. The van der Waals surface area contributed by atoms with Crippen LogP contribution in [0.3, 0.4) is 0 Å². The van der Waals surface area contributed by atoms with Gasteiger partial charge in [0.2, 0.25) is 0 Å². The largest absolute Gasteiger partial charge is 0.341 e. The van der Waals surface area contributed by atoms with Gasteiger partial charge in [0, 0.05) is 6.42 Å². The number of unbranched alkanes of at least 4 members (excludes halogenated alkanes) is 2. The van der Waals surface area contributed by atoms with Gasteiger partial charge in [0.25, 0.3) is 0 Å². The lowest BCUT2D eigenvalue weighted by atomic mass is 10.2. The predicted octanol–water partition coefficient (Wildman–Crippen LogP) is 4.00. The first-order valence-electron chi connectivity index (χ1n) is 5.41. The Hall–Kier alpha value is -0.800. The van der Waals surface area contributed by atoms with Crippen molar-refractivity contribution >= 4 is 34.4 Å². The van der Waals surface area contributed by atoms with E-state index in [9.17, 15) is 0 Å². The lowest BCUT2D eigenvalue weighted by Gasteiger charge is -1.93. The Balaban J connectivity index is 2.23. The summed E-state index contributed by atoms with van der Waals surface area (Å²) in [5.74, 6) is 0.953. The summed E-state index contributed by atoms with van der Waals surface area (Å²) in [5, 5.41) is 0.763. The van der Waals surface area contributed by atoms with Crippen molar-refractivity contribution < 1.29 is 0 Å². The van der Waals surface area contributed by atoms with Crippen LogP contribution in [0.1, 0.15) is 32.0 Å². The predicted molar refractivity (Wildman–Crippen MR) is 67.1 cm³/mol. The number of rotatable bonds is 4. The maximum Gasteiger partial charge on any atom is 0.179 e. The van der Waals surface area contributed by atoms with Gasteiger partial charge in [-0.25, -0.2) is 9.97 Å². The summed E-state index contributed by atoms with van der Waals surface area (Å²) in [6, 6.07) is 1.77. The summed E-state index contributed by atoms with van der Waals surface area (Å²) >= 11 is 11.7. The molecule has 0 bridgehead atoms. The molecule has 0 aliphatic heterocycles. The number of nitrogens with one attached hydrogen (secondary N) is 1. The molecule has 5 heteroatoms. The van der Waals surface area contributed by atoms with E-state index < -0.39 is 0 Å². The van der Waals surface area contributed by atoms with Crippen LogP contribution in [0.5, 0.6) is 0 Å². The average Bonchev–Trinajstić information content (AvgIpc) is 2.61. The highest BCUT2D eigenvalue weighted by Gasteiger charge is 2.07. The fourth-order valence-corrected chi connectivity index (χ4v) is 1.89. The second-order valence-electron chi connectivity index (χ2n) is 3.77. The van der Waals surface area contributed by atoms with Gasteiger partial charge in [-0.05, 0) is 12.5 Å². The van der Waals surface area contributed by atoms with E-state index in [0.29, 0.717) is 15.8 Å². The Labute approximate surface area is 104 Å². The van der Waals surface area contributed by atoms with Crippen LogP contribution in [-0.4, -0.2) is 15.0 Å². The number of fused-ring (bicyclic) bond motifs is 1. The Bertz CT molecular complexity index is 454. The van der Waals surface area contributed by atoms with Crippen molar-refractivity contribution in [2.24, 2.45) is 0 Å². The van der Waals surface area contributed by atoms with E-state index >= 15 is 0 Å². The highest BCUT2D eigenvalue weighted by molar-refractivity contribution is 6.41. The Morgan fingerprint density at radius 3 is 2.81 bits per heavy atom. The van der Waals surface area contributed by atoms with E-state index in [-0.39, 0.29) is 0 Å². The molecule has 0 unspecified atom stereocenters. The zero-order valence-electron chi connectivity index (χ0n) is 9.06. The lowest BCUT2D eigenvalue weighted by molar-refractivity contribution is 0.700. The lowest BCUT2D eigenvalue weighted by Crippen LogP contribution is -1.87. The Morgan fingerprint density at radius 2 is 2.06 bits per heavy atom. The molecule has 0 aliphatic carbocycles. The standard InChI is InChI=1S/C11H13Cl2N3/c1-2-3-4-5-9-14-8-6-7(12)10(13)16-11(8)15-9/h6H,2-5H2,1H3,(H,14,15,16). The number of aryl methyl sites for hydroxylation is 1. The van der Waals surface area contributed by atoms with E-state index in [0.717, 1.165) is 24.2 Å². The van der Waals surface area contributed by atoms with Gasteiger partial charge in [0.15, 0.2) is 5.65 Å². The number of imidazole rings is 1. The van der Waals surface area contributed by atoms with E-state index in [1.165, 1.54) is 12.8 Å². The Morgan fingerprint density at radius 1 is 1.25 bits per heavy atom. The first-order valence-corrected chi connectivity index (χ1v) is 6.17. The molecule has 0 aromatic carbocycles. The molecule has 0 saturated heterocycles. The monoisotopic (exact) mass is 257 g/mol. The van der Waals surface area contributed by atoms with Crippen molar-refractivity contribution in [2.45, 2.75) is 32.6 Å². The average molecular weight is 258 g/mol. The number of halogens is 2. The number of H-pyrrole nitrogens is 1. The molecule has 0 aliphatic rings. The van der Waals surface area contributed by atoms with Crippen molar-refractivity contribution in [1.29, 1.82) is 0 Å². The fraction of sp³-hybridized carbons (Fsp3) is 0.455. The van der Waals surface area contributed by atoms with Crippen LogP contribution < -0.4 is 0 Å². The van der Waals surface area contributed by atoms with Crippen LogP contribution in [-0.2, 0) is 6.42 Å². The van der Waals surface area contributed by atoms with Crippen molar-refractivity contribution in [3.63, 3.8) is 0 Å². The van der Waals surface area contributed by atoms with E-state index in [2.05, 4.69) is 21.9 Å². The normalized spacial score (nSPS) is 11.2. The molecule has 86 valence electrons. The van der Waals surface area contributed by atoms with Crippen LogP contribution in [0.2, 0.25) is 10.2 Å². The van der Waals surface area contributed by atoms with E-state index in [1.54, 1.807) is 6.07 Å². The van der Waals surface area contributed by atoms with Crippen molar-refractivity contribution in [3.05, 3.63) is 22.1 Å². The zero-order chi connectivity index (χ0) is 11.5. The van der Waals surface area contributed by atoms with Crippen molar-refractivity contribution in [3.8, 4) is 0 Å². The van der Waals surface area contributed by atoms with Gasteiger partial charge in [0.05, 0.1) is 10.5 Å². The molecule has 0 fully saturated rings. The second kappa shape index (κ2) is 5.02. The van der Waals surface area contributed by atoms with Crippen LogP contribution >= 0.6 is 23.2 Å². The Kier molecular flexibility index (Phi) is 3.66. The molecule has 2 aromatic rings. The second-order valence-corrected chi connectivity index (χ2v) is 4.54. The summed E-state index contributed by atoms with van der Waals surface area (Å²) < 4.78 is 0. The fourth-order valence-electron chi connectivity index (χ4n) is 1.61. The molecule has 0 radical (unpaired) electrons. The molecule has 2 heterocycles. The van der Waals surface area contributed by atoms with Gasteiger partial charge < -0.3 is 4.98 Å². The molecule has 0 atom stereocenters. The number of hydrogen-bond donors (Lipinski definition) is 1. The van der Waals surface area contributed by atoms with Gasteiger partial charge in [-0.3, -0.25) is 0 Å². The number of nitrogens with zero attached hydrogens (tertiary/aromatic N) is 2. The quantitative estimate of drug-likeness (QED) is 0.665. The summed E-state index contributed by atoms with van der Waals surface area (Å²) in [5.41, 5.74) is 1.49. The third kappa shape index (κ3) is 2.47. The maximum absolute atomic E-state index is 5.88. The first kappa shape index (κ1) is 11.7. The minimum Gasteiger partial charge on any atom is -0.341 e. The number of pyridine rings is 1. The van der Waals surface area contributed by atoms with Crippen LogP contribution in [0, 0.1) is 0 Å². The van der Waals surface area contributed by atoms with E-state index in [4.69, 9.17) is 23.2 Å². The van der Waals surface area contributed by atoms with Crippen LogP contribution in [0.15, 0.2) is 6.07 Å². The molecular weight excluding hydrogens is 245 g/mol. The number of hydrogen-bond acceptors (Lipinski definition) is 2. The third-order valence-electron chi connectivity index (χ3n) is 2.45. The molecule has 0 spiro atoms. The number of aromatic nitrogens is 3. The van der Waals surface area contributed by atoms with Crippen molar-refractivity contribution in [2.75, 3.05) is 0 Å². The molecule has 1 N–H and O–H groups in total. The van der Waals surface area contributed by atoms with Gasteiger partial charge in [-0.1, -0.05) is 43.0 Å². The topological polar surface area (TPSA) is 41.6 Å².